The third-order valence-electron chi connectivity index (χ3n) is 5.31. The van der Waals surface area contributed by atoms with Crippen LogP contribution in [0.1, 0.15) is 76.4 Å². The lowest BCUT2D eigenvalue weighted by molar-refractivity contribution is -0.136. The minimum atomic E-state index is -0.839. The number of hydrogen-bond donors (Lipinski definition) is 3. The second kappa shape index (κ2) is 16.2. The topological polar surface area (TPSA) is 112 Å². The summed E-state index contributed by atoms with van der Waals surface area (Å²) in [5, 5.41) is 33.6. The Kier molecular flexibility index (Phi) is 13.2. The van der Waals surface area contributed by atoms with Crippen LogP contribution in [0.15, 0.2) is 48.6 Å². The molecule has 2 rings (SSSR count). The highest BCUT2D eigenvalue weighted by molar-refractivity contribution is 8.00. The van der Waals surface area contributed by atoms with Gasteiger partial charge in [-0.15, -0.1) is 5.10 Å². The number of aliphatic hydroxyl groups is 1. The van der Waals surface area contributed by atoms with Crippen molar-refractivity contribution in [3.63, 3.8) is 0 Å². The van der Waals surface area contributed by atoms with Gasteiger partial charge in [0.25, 0.3) is 0 Å². The van der Waals surface area contributed by atoms with Crippen molar-refractivity contribution >= 4 is 17.7 Å². The molecule has 180 valence electrons. The summed E-state index contributed by atoms with van der Waals surface area (Å²) in [4.78, 5) is 10.9. The van der Waals surface area contributed by atoms with Crippen molar-refractivity contribution in [3.8, 4) is 11.4 Å². The molecule has 0 spiro atoms. The molecule has 7 nitrogen and oxygen atoms in total. The number of nitrogens with one attached hydrogen (secondary N) is 1. The molecule has 2 atom stereocenters. The highest BCUT2D eigenvalue weighted by atomic mass is 32.2. The summed E-state index contributed by atoms with van der Waals surface area (Å²) in [5.74, 6) is 0.117. The van der Waals surface area contributed by atoms with Gasteiger partial charge in [0.15, 0.2) is 5.82 Å². The minimum Gasteiger partial charge on any atom is -0.481 e. The Balaban J connectivity index is 1.91. The Morgan fingerprint density at radius 3 is 2.67 bits per heavy atom. The van der Waals surface area contributed by atoms with Crippen LogP contribution < -0.4 is 0 Å². The van der Waals surface area contributed by atoms with Crippen molar-refractivity contribution in [2.75, 3.05) is 5.75 Å². The van der Waals surface area contributed by atoms with Gasteiger partial charge in [-0.05, 0) is 34.9 Å². The van der Waals surface area contributed by atoms with Crippen LogP contribution in [-0.2, 0) is 4.79 Å². The molecule has 0 saturated carbocycles. The maximum absolute atomic E-state index is 11.0. The van der Waals surface area contributed by atoms with E-state index in [0.717, 1.165) is 17.5 Å². The molecule has 3 N–H and O–H groups in total. The number of aromatic amines is 1. The molecule has 8 heteroatoms. The lowest BCUT2D eigenvalue weighted by atomic mass is 10.0. The predicted molar refractivity (Wildman–Crippen MR) is 134 cm³/mol. The van der Waals surface area contributed by atoms with Gasteiger partial charge >= 0.3 is 5.97 Å². The number of H-pyrrole nitrogens is 1. The van der Waals surface area contributed by atoms with Gasteiger partial charge in [-0.2, -0.15) is 11.8 Å². The van der Waals surface area contributed by atoms with E-state index in [1.807, 2.05) is 42.5 Å². The number of aliphatic hydroxyl groups excluding tert-OH is 1. The first-order valence-electron chi connectivity index (χ1n) is 11.8. The number of carbonyl (C=O) groups is 1. The lowest BCUT2D eigenvalue weighted by Gasteiger charge is -2.20. The van der Waals surface area contributed by atoms with E-state index in [4.69, 9.17) is 5.11 Å². The third-order valence-corrected chi connectivity index (χ3v) is 6.55. The monoisotopic (exact) mass is 472 g/mol. The molecule has 0 fully saturated rings. The quantitative estimate of drug-likeness (QED) is 0.199. The van der Waals surface area contributed by atoms with E-state index in [1.54, 1.807) is 0 Å². The normalized spacial score (nSPS) is 13.6. The maximum atomic E-state index is 11.0. The molecule has 0 aliphatic heterocycles. The molecule has 1 aromatic heterocycles. The summed E-state index contributed by atoms with van der Waals surface area (Å²) < 4.78 is 0. The fraction of sp³-hybridized carbons (Fsp3) is 0.520. The number of aromatic nitrogens is 4. The van der Waals surface area contributed by atoms with E-state index in [2.05, 4.69) is 33.6 Å². The molecule has 0 saturated heterocycles. The second-order valence-electron chi connectivity index (χ2n) is 8.02. The average molecular weight is 473 g/mol. The first-order chi connectivity index (χ1) is 16.1. The highest BCUT2D eigenvalue weighted by Crippen LogP contribution is 2.30. The number of unbranched alkanes of at least 4 members (excludes halogenated alkanes) is 7. The second-order valence-corrected chi connectivity index (χ2v) is 9.31. The molecule has 33 heavy (non-hydrogen) atoms. The van der Waals surface area contributed by atoms with Gasteiger partial charge in [0.1, 0.15) is 0 Å². The number of tetrazole rings is 1. The zero-order valence-corrected chi connectivity index (χ0v) is 20.2. The van der Waals surface area contributed by atoms with Crippen molar-refractivity contribution < 1.29 is 15.0 Å². The van der Waals surface area contributed by atoms with Crippen LogP contribution in [0.4, 0.5) is 0 Å². The highest BCUT2D eigenvalue weighted by Gasteiger charge is 2.20. The van der Waals surface area contributed by atoms with Crippen molar-refractivity contribution in [1.29, 1.82) is 0 Å². The first kappa shape index (κ1) is 26.8. The molecule has 0 radical (unpaired) electrons. The first-order valence-corrected chi connectivity index (χ1v) is 12.9. The number of carboxylic acid groups (broad SMARTS) is 1. The smallest absolute Gasteiger partial charge is 0.304 e. The van der Waals surface area contributed by atoms with Gasteiger partial charge in [-0.25, -0.2) is 5.10 Å². The van der Waals surface area contributed by atoms with Gasteiger partial charge in [0.05, 0.1) is 17.8 Å². The standard InChI is InChI=1S/C25H36N4O3S/c1-2-3-4-5-6-7-8-9-10-11-12-16-22(33-18-17-23(30)31)24(32)20-14-13-15-21(19-20)25-26-28-29-27-25/h10-16,19,22,24,32H,2-9,17-18H2,1H3,(H,30,31)(H,26,27,28,29)/b11-10-,16-12+/t22-,24+/m0/s1. The van der Waals surface area contributed by atoms with Gasteiger partial charge in [-0.1, -0.05) is 88.0 Å². The Morgan fingerprint density at radius 1 is 1.15 bits per heavy atom. The molecular formula is C25H36N4O3S. The number of rotatable bonds is 17. The van der Waals surface area contributed by atoms with Gasteiger partial charge in [0.2, 0.25) is 0 Å². The van der Waals surface area contributed by atoms with E-state index in [-0.39, 0.29) is 11.7 Å². The van der Waals surface area contributed by atoms with Crippen LogP contribution in [0.3, 0.4) is 0 Å². The van der Waals surface area contributed by atoms with Crippen molar-refractivity contribution in [1.82, 2.24) is 20.6 Å². The summed E-state index contributed by atoms with van der Waals surface area (Å²) in [6.07, 6.45) is 17.5. The van der Waals surface area contributed by atoms with Crippen molar-refractivity contribution in [2.24, 2.45) is 0 Å². The number of allylic oxidation sites excluding steroid dienone is 3. The number of nitrogens with zero attached hydrogens (tertiary/aromatic N) is 3. The van der Waals surface area contributed by atoms with Crippen molar-refractivity contribution in [3.05, 3.63) is 54.1 Å². The van der Waals surface area contributed by atoms with E-state index >= 15 is 0 Å². The van der Waals surface area contributed by atoms with Crippen molar-refractivity contribution in [2.45, 2.75) is 76.1 Å². The summed E-state index contributed by atoms with van der Waals surface area (Å²) in [5.41, 5.74) is 1.51. The van der Waals surface area contributed by atoms with Gasteiger partial charge in [-0.3, -0.25) is 4.79 Å². The number of aliphatic carboxylic acids is 1. The van der Waals surface area contributed by atoms with E-state index in [9.17, 15) is 9.90 Å². The number of hydrogen-bond acceptors (Lipinski definition) is 6. The van der Waals surface area contributed by atoms with E-state index in [0.29, 0.717) is 11.6 Å². The maximum Gasteiger partial charge on any atom is 0.304 e. The molecular weight excluding hydrogens is 436 g/mol. The molecule has 1 aromatic carbocycles. The van der Waals surface area contributed by atoms with Gasteiger partial charge < -0.3 is 10.2 Å². The van der Waals surface area contributed by atoms with E-state index < -0.39 is 12.1 Å². The fourth-order valence-corrected chi connectivity index (χ4v) is 4.55. The molecule has 0 aliphatic rings. The number of thioether (sulfide) groups is 1. The minimum absolute atomic E-state index is 0.0552. The number of benzene rings is 1. The fourth-order valence-electron chi connectivity index (χ4n) is 3.44. The molecule has 0 unspecified atom stereocenters. The van der Waals surface area contributed by atoms with Crippen LogP contribution in [0, 0.1) is 0 Å². The van der Waals surface area contributed by atoms with E-state index in [1.165, 1.54) is 56.7 Å². The Hall–Kier alpha value is -2.45. The summed E-state index contributed by atoms with van der Waals surface area (Å²) in [7, 11) is 0. The third kappa shape index (κ3) is 10.8. The summed E-state index contributed by atoms with van der Waals surface area (Å²) >= 11 is 1.44. The molecule has 0 bridgehead atoms. The SMILES string of the molecule is CCCCCCCCC/C=C\C=C\[C@H](SCCC(=O)O)[C@H](O)c1cccc(-c2nnn[nH]2)c1. The largest absolute Gasteiger partial charge is 0.481 e. The predicted octanol–water partition coefficient (Wildman–Crippen LogP) is 5.73. The van der Waals surface area contributed by atoms with Crippen LogP contribution in [0.5, 0.6) is 0 Å². The number of carboxylic acids is 1. The van der Waals surface area contributed by atoms with Crippen LogP contribution >= 0.6 is 11.8 Å². The Labute approximate surface area is 200 Å². The Morgan fingerprint density at radius 2 is 1.94 bits per heavy atom. The Bertz CT molecular complexity index is 855. The van der Waals surface area contributed by atoms with Crippen LogP contribution in [0.25, 0.3) is 11.4 Å². The summed E-state index contributed by atoms with van der Waals surface area (Å²) in [6, 6.07) is 7.42. The average Bonchev–Trinajstić information content (AvgIpc) is 3.36. The summed E-state index contributed by atoms with van der Waals surface area (Å²) in [6.45, 7) is 2.24. The lowest BCUT2D eigenvalue weighted by Crippen LogP contribution is -2.14. The molecule has 1 heterocycles. The zero-order valence-electron chi connectivity index (χ0n) is 19.4. The van der Waals surface area contributed by atoms with Crippen LogP contribution in [0.2, 0.25) is 0 Å². The molecule has 2 aromatic rings. The molecule has 0 aliphatic carbocycles. The van der Waals surface area contributed by atoms with Gasteiger partial charge in [0, 0.05) is 11.3 Å². The molecule has 0 amide bonds. The zero-order chi connectivity index (χ0) is 23.7. The van der Waals surface area contributed by atoms with Crippen LogP contribution in [-0.4, -0.2) is 47.8 Å².